The molecule has 7 aromatic carbocycles. The third-order valence-electron chi connectivity index (χ3n) is 7.90. The van der Waals surface area contributed by atoms with Gasteiger partial charge in [0.1, 0.15) is 11.5 Å². The number of benzene rings is 7. The van der Waals surface area contributed by atoms with E-state index in [1.807, 2.05) is 0 Å². The first-order chi connectivity index (χ1) is 19.2. The van der Waals surface area contributed by atoms with Crippen LogP contribution in [0.1, 0.15) is 5.56 Å². The minimum atomic E-state index is 0.848. The summed E-state index contributed by atoms with van der Waals surface area (Å²) in [5.74, 6) is 1.70. The van der Waals surface area contributed by atoms with Gasteiger partial charge in [0.2, 0.25) is 0 Å². The van der Waals surface area contributed by atoms with Crippen molar-refractivity contribution in [3.8, 4) is 33.8 Å². The summed E-state index contributed by atoms with van der Waals surface area (Å²) >= 11 is 0. The maximum atomic E-state index is 5.53. The molecule has 0 heterocycles. The first kappa shape index (κ1) is 23.3. The van der Waals surface area contributed by atoms with E-state index in [0.717, 1.165) is 22.6 Å². The SMILES string of the molecule is COc1ccc(-c2c(-c3ccc(OC)cc3)c3c4ccccc4c4ccccc4c3c3ccc(C)cc23)cc1. The summed E-state index contributed by atoms with van der Waals surface area (Å²) in [6.45, 7) is 2.17. The van der Waals surface area contributed by atoms with Gasteiger partial charge in [0.25, 0.3) is 0 Å². The van der Waals surface area contributed by atoms with Gasteiger partial charge in [0.15, 0.2) is 0 Å². The third kappa shape index (κ3) is 3.64. The van der Waals surface area contributed by atoms with Gasteiger partial charge in [-0.05, 0) is 96.5 Å². The lowest BCUT2D eigenvalue weighted by atomic mass is 9.81. The molecular weight excluding hydrogens is 476 g/mol. The number of rotatable bonds is 4. The Kier molecular flexibility index (Phi) is 5.49. The van der Waals surface area contributed by atoms with Crippen LogP contribution in [0.2, 0.25) is 0 Å². The molecule has 0 N–H and O–H groups in total. The Morgan fingerprint density at radius 2 is 0.872 bits per heavy atom. The molecule has 0 unspecified atom stereocenters. The van der Waals surface area contributed by atoms with E-state index in [1.54, 1.807) is 14.2 Å². The van der Waals surface area contributed by atoms with Gasteiger partial charge in [-0.2, -0.15) is 0 Å². The second-order valence-electron chi connectivity index (χ2n) is 10.1. The standard InChI is InChI=1S/C37H28O2/c1-23-12-21-32-33(22-23)34(24-13-17-26(38-2)18-14-24)35(25-15-19-27(39-3)20-16-25)37-31-11-7-5-9-29(31)28-8-4-6-10-30(28)36(32)37/h4-22H,1-3H3. The Morgan fingerprint density at radius 3 is 1.41 bits per heavy atom. The van der Waals surface area contributed by atoms with E-state index in [0.29, 0.717) is 0 Å². The second-order valence-corrected chi connectivity index (χ2v) is 10.1. The summed E-state index contributed by atoms with van der Waals surface area (Å²) in [6, 6.07) is 41.5. The van der Waals surface area contributed by atoms with Crippen molar-refractivity contribution in [3.63, 3.8) is 0 Å². The molecule has 7 aromatic rings. The van der Waals surface area contributed by atoms with Crippen molar-refractivity contribution in [1.82, 2.24) is 0 Å². The second kappa shape index (κ2) is 9.18. The smallest absolute Gasteiger partial charge is 0.118 e. The highest BCUT2D eigenvalue weighted by Gasteiger charge is 2.22. The summed E-state index contributed by atoms with van der Waals surface area (Å²) in [6.07, 6.45) is 0. The zero-order valence-corrected chi connectivity index (χ0v) is 22.3. The van der Waals surface area contributed by atoms with Gasteiger partial charge in [-0.3, -0.25) is 0 Å². The van der Waals surface area contributed by atoms with Crippen LogP contribution >= 0.6 is 0 Å². The molecule has 188 valence electrons. The quantitative estimate of drug-likeness (QED) is 0.222. The van der Waals surface area contributed by atoms with Crippen LogP contribution in [-0.2, 0) is 0 Å². The molecular formula is C37H28O2. The van der Waals surface area contributed by atoms with E-state index < -0.39 is 0 Å². The van der Waals surface area contributed by atoms with Gasteiger partial charge in [-0.15, -0.1) is 0 Å². The van der Waals surface area contributed by atoms with E-state index in [2.05, 4.69) is 122 Å². The summed E-state index contributed by atoms with van der Waals surface area (Å²) in [7, 11) is 3.43. The summed E-state index contributed by atoms with van der Waals surface area (Å²) in [5.41, 5.74) is 6.03. The lowest BCUT2D eigenvalue weighted by Gasteiger charge is -2.22. The van der Waals surface area contributed by atoms with Crippen molar-refractivity contribution in [2.24, 2.45) is 0 Å². The first-order valence-corrected chi connectivity index (χ1v) is 13.3. The summed E-state index contributed by atoms with van der Waals surface area (Å²) in [5, 5.41) is 10.2. The van der Waals surface area contributed by atoms with E-state index in [9.17, 15) is 0 Å². The van der Waals surface area contributed by atoms with Gasteiger partial charge in [0.05, 0.1) is 14.2 Å². The lowest BCUT2D eigenvalue weighted by molar-refractivity contribution is 0.414. The molecule has 0 aromatic heterocycles. The molecule has 0 atom stereocenters. The Hall–Kier alpha value is -4.82. The Bertz CT molecular complexity index is 2020. The topological polar surface area (TPSA) is 18.5 Å². The minimum Gasteiger partial charge on any atom is -0.497 e. The molecule has 0 saturated heterocycles. The number of ether oxygens (including phenoxy) is 2. The fourth-order valence-corrected chi connectivity index (χ4v) is 6.13. The number of hydrogen-bond donors (Lipinski definition) is 0. The van der Waals surface area contributed by atoms with Crippen LogP contribution in [0.15, 0.2) is 115 Å². The van der Waals surface area contributed by atoms with Crippen molar-refractivity contribution in [2.75, 3.05) is 14.2 Å². The van der Waals surface area contributed by atoms with Crippen LogP contribution in [0.4, 0.5) is 0 Å². The molecule has 7 rings (SSSR count). The molecule has 0 aliphatic rings. The largest absolute Gasteiger partial charge is 0.497 e. The van der Waals surface area contributed by atoms with E-state index >= 15 is 0 Å². The average Bonchev–Trinajstić information content (AvgIpc) is 3.00. The summed E-state index contributed by atoms with van der Waals surface area (Å²) in [4.78, 5) is 0. The molecule has 0 radical (unpaired) electrons. The number of fused-ring (bicyclic) bond motifs is 8. The van der Waals surface area contributed by atoms with Crippen LogP contribution in [-0.4, -0.2) is 14.2 Å². The average molecular weight is 505 g/mol. The zero-order valence-electron chi connectivity index (χ0n) is 22.3. The molecule has 0 saturated carbocycles. The molecule has 0 aliphatic heterocycles. The van der Waals surface area contributed by atoms with Crippen molar-refractivity contribution in [2.45, 2.75) is 6.92 Å². The molecule has 0 spiro atoms. The zero-order chi connectivity index (χ0) is 26.5. The number of hydrogen-bond acceptors (Lipinski definition) is 2. The van der Waals surface area contributed by atoms with Gasteiger partial charge in [0, 0.05) is 0 Å². The van der Waals surface area contributed by atoms with E-state index in [1.165, 1.54) is 59.8 Å². The van der Waals surface area contributed by atoms with Gasteiger partial charge in [-0.25, -0.2) is 0 Å². The van der Waals surface area contributed by atoms with Crippen LogP contribution in [0.5, 0.6) is 11.5 Å². The van der Waals surface area contributed by atoms with Crippen molar-refractivity contribution >= 4 is 43.1 Å². The Morgan fingerprint density at radius 1 is 0.410 bits per heavy atom. The number of methoxy groups -OCH3 is 2. The van der Waals surface area contributed by atoms with Gasteiger partial charge in [-0.1, -0.05) is 96.6 Å². The monoisotopic (exact) mass is 504 g/mol. The molecule has 0 bridgehead atoms. The minimum absolute atomic E-state index is 0.848. The maximum Gasteiger partial charge on any atom is 0.118 e. The predicted octanol–water partition coefficient (Wildman–Crippen LogP) is 9.96. The molecule has 2 nitrogen and oxygen atoms in total. The fraction of sp³-hybridized carbons (Fsp3) is 0.0811. The molecule has 0 aliphatic carbocycles. The highest BCUT2D eigenvalue weighted by molar-refractivity contribution is 6.37. The van der Waals surface area contributed by atoms with Crippen LogP contribution < -0.4 is 9.47 Å². The third-order valence-corrected chi connectivity index (χ3v) is 7.90. The first-order valence-electron chi connectivity index (χ1n) is 13.3. The molecule has 0 amide bonds. The van der Waals surface area contributed by atoms with Gasteiger partial charge >= 0.3 is 0 Å². The van der Waals surface area contributed by atoms with E-state index in [-0.39, 0.29) is 0 Å². The number of aryl methyl sites for hydroxylation is 1. The van der Waals surface area contributed by atoms with Gasteiger partial charge < -0.3 is 9.47 Å². The highest BCUT2D eigenvalue weighted by atomic mass is 16.5. The van der Waals surface area contributed by atoms with Crippen LogP contribution in [0.3, 0.4) is 0 Å². The van der Waals surface area contributed by atoms with Crippen LogP contribution in [0, 0.1) is 6.92 Å². The highest BCUT2D eigenvalue weighted by Crippen LogP contribution is 2.49. The van der Waals surface area contributed by atoms with E-state index in [4.69, 9.17) is 9.47 Å². The maximum absolute atomic E-state index is 5.53. The summed E-state index contributed by atoms with van der Waals surface area (Å²) < 4.78 is 11.0. The lowest BCUT2D eigenvalue weighted by Crippen LogP contribution is -1.95. The Labute approximate surface area is 228 Å². The molecule has 2 heteroatoms. The van der Waals surface area contributed by atoms with Crippen molar-refractivity contribution < 1.29 is 9.47 Å². The van der Waals surface area contributed by atoms with Crippen LogP contribution in [0.25, 0.3) is 65.3 Å². The van der Waals surface area contributed by atoms with Crippen molar-refractivity contribution in [1.29, 1.82) is 0 Å². The normalized spacial score (nSPS) is 11.5. The Balaban J connectivity index is 1.80. The van der Waals surface area contributed by atoms with Crippen molar-refractivity contribution in [3.05, 3.63) is 121 Å². The predicted molar refractivity (Wildman–Crippen MR) is 165 cm³/mol. The fourth-order valence-electron chi connectivity index (χ4n) is 6.13. The molecule has 0 fully saturated rings. The molecule has 39 heavy (non-hydrogen) atoms.